The van der Waals surface area contributed by atoms with Crippen molar-refractivity contribution in [1.82, 2.24) is 9.78 Å². The van der Waals surface area contributed by atoms with Gasteiger partial charge in [0, 0.05) is 10.6 Å². The summed E-state index contributed by atoms with van der Waals surface area (Å²) >= 11 is 5.92. The molecule has 0 radical (unpaired) electrons. The van der Waals surface area contributed by atoms with E-state index in [-0.39, 0.29) is 11.5 Å². The molecule has 124 valence electrons. The highest BCUT2D eigenvalue weighted by Crippen LogP contribution is 2.26. The van der Waals surface area contributed by atoms with Crippen LogP contribution in [0, 0.1) is 0 Å². The maximum absolute atomic E-state index is 11.4. The van der Waals surface area contributed by atoms with Crippen LogP contribution in [-0.4, -0.2) is 23.3 Å². The van der Waals surface area contributed by atoms with E-state index in [9.17, 15) is 13.5 Å². The molecule has 0 atom stereocenters. The summed E-state index contributed by atoms with van der Waals surface area (Å²) in [6.45, 7) is -0.206. The van der Waals surface area contributed by atoms with E-state index in [0.717, 1.165) is 11.3 Å². The lowest BCUT2D eigenvalue weighted by molar-refractivity contribution is 0.276. The summed E-state index contributed by atoms with van der Waals surface area (Å²) in [5, 5.41) is 19.4. The maximum Gasteiger partial charge on any atom is 0.238 e. The third kappa shape index (κ3) is 3.34. The van der Waals surface area contributed by atoms with Crippen LogP contribution in [0.4, 0.5) is 0 Å². The van der Waals surface area contributed by atoms with Crippen molar-refractivity contribution in [3.63, 3.8) is 0 Å². The van der Waals surface area contributed by atoms with Gasteiger partial charge in [0.1, 0.15) is 0 Å². The molecule has 6 nitrogen and oxygen atoms in total. The number of sulfonamides is 1. The van der Waals surface area contributed by atoms with Crippen LogP contribution in [0.25, 0.3) is 16.9 Å². The van der Waals surface area contributed by atoms with Gasteiger partial charge in [-0.25, -0.2) is 18.2 Å². The molecule has 24 heavy (non-hydrogen) atoms. The number of primary sulfonamides is 1. The Balaban J connectivity index is 2.10. The second-order valence-electron chi connectivity index (χ2n) is 5.14. The van der Waals surface area contributed by atoms with Crippen molar-refractivity contribution in [3.8, 4) is 16.9 Å². The first-order chi connectivity index (χ1) is 11.4. The minimum absolute atomic E-state index is 0.0221. The molecule has 0 aliphatic rings. The van der Waals surface area contributed by atoms with E-state index in [0.29, 0.717) is 16.4 Å². The highest BCUT2D eigenvalue weighted by Gasteiger charge is 2.13. The van der Waals surface area contributed by atoms with Crippen molar-refractivity contribution in [2.45, 2.75) is 11.5 Å². The predicted molar refractivity (Wildman–Crippen MR) is 91.3 cm³/mol. The Morgan fingerprint density at radius 2 is 1.71 bits per heavy atom. The average molecular weight is 364 g/mol. The molecule has 3 aromatic rings. The number of nitrogens with zero attached hydrogens (tertiary/aromatic N) is 2. The Labute approximate surface area is 144 Å². The second-order valence-corrected chi connectivity index (χ2v) is 7.13. The number of halogens is 1. The van der Waals surface area contributed by atoms with E-state index in [1.165, 1.54) is 12.1 Å². The molecule has 8 heteroatoms. The third-order valence-electron chi connectivity index (χ3n) is 3.47. The van der Waals surface area contributed by atoms with Crippen LogP contribution in [0.1, 0.15) is 5.69 Å². The summed E-state index contributed by atoms with van der Waals surface area (Å²) in [4.78, 5) is 0.0221. The van der Waals surface area contributed by atoms with Crippen molar-refractivity contribution < 1.29 is 13.5 Å². The number of hydrogen-bond donors (Lipinski definition) is 2. The van der Waals surface area contributed by atoms with Crippen LogP contribution in [-0.2, 0) is 16.6 Å². The number of nitrogens with two attached hydrogens (primary N) is 1. The molecular weight excluding hydrogens is 350 g/mol. The fourth-order valence-electron chi connectivity index (χ4n) is 2.31. The molecule has 0 aliphatic heterocycles. The van der Waals surface area contributed by atoms with Crippen LogP contribution in [0.2, 0.25) is 5.02 Å². The zero-order valence-electron chi connectivity index (χ0n) is 12.4. The Kier molecular flexibility index (Phi) is 4.42. The first-order valence-corrected chi connectivity index (χ1v) is 8.90. The van der Waals surface area contributed by atoms with Crippen LogP contribution in [0.15, 0.2) is 59.5 Å². The molecule has 0 bridgehead atoms. The van der Waals surface area contributed by atoms with Crippen molar-refractivity contribution in [2.24, 2.45) is 5.14 Å². The van der Waals surface area contributed by atoms with Gasteiger partial charge in [-0.1, -0.05) is 23.7 Å². The van der Waals surface area contributed by atoms with Crippen LogP contribution < -0.4 is 5.14 Å². The fourth-order valence-corrected chi connectivity index (χ4v) is 2.95. The molecule has 0 spiro atoms. The Morgan fingerprint density at radius 3 is 2.25 bits per heavy atom. The van der Waals surface area contributed by atoms with E-state index in [4.69, 9.17) is 16.7 Å². The lowest BCUT2D eigenvalue weighted by Crippen LogP contribution is -2.12. The summed E-state index contributed by atoms with van der Waals surface area (Å²) in [5.41, 5.74) is 2.75. The van der Waals surface area contributed by atoms with Gasteiger partial charge >= 0.3 is 0 Å². The minimum Gasteiger partial charge on any atom is -0.390 e. The van der Waals surface area contributed by atoms with E-state index in [2.05, 4.69) is 5.10 Å². The highest BCUT2D eigenvalue weighted by molar-refractivity contribution is 7.89. The first kappa shape index (κ1) is 16.7. The molecule has 0 unspecified atom stereocenters. The first-order valence-electron chi connectivity index (χ1n) is 6.97. The molecule has 3 N–H and O–H groups in total. The van der Waals surface area contributed by atoms with E-state index in [1.807, 2.05) is 12.1 Å². The van der Waals surface area contributed by atoms with Gasteiger partial charge in [0.25, 0.3) is 0 Å². The minimum atomic E-state index is -3.75. The normalized spacial score (nSPS) is 11.6. The number of aromatic nitrogens is 2. The fraction of sp³-hybridized carbons (Fsp3) is 0.0625. The molecule has 1 heterocycles. The predicted octanol–water partition coefficient (Wildman–Crippen LogP) is 2.33. The Hall–Kier alpha value is -2.19. The van der Waals surface area contributed by atoms with Gasteiger partial charge in [-0.15, -0.1) is 0 Å². The Morgan fingerprint density at radius 1 is 1.08 bits per heavy atom. The standard InChI is InChI=1S/C16H14ClN3O3S/c17-12-3-1-11(2-4-12)16-9-13(10-21)19-20(16)14-5-7-15(8-6-14)24(18,22)23/h1-9,21H,10H2,(H2,18,22,23). The zero-order valence-corrected chi connectivity index (χ0v) is 14.0. The monoisotopic (exact) mass is 363 g/mol. The SMILES string of the molecule is NS(=O)(=O)c1ccc(-n2nc(CO)cc2-c2ccc(Cl)cc2)cc1. The molecule has 0 saturated heterocycles. The third-order valence-corrected chi connectivity index (χ3v) is 4.65. The summed E-state index contributed by atoms with van der Waals surface area (Å²) < 4.78 is 24.3. The van der Waals surface area contributed by atoms with Crippen LogP contribution in [0.3, 0.4) is 0 Å². The zero-order chi connectivity index (χ0) is 17.3. The number of hydrogen-bond acceptors (Lipinski definition) is 4. The molecule has 3 rings (SSSR count). The van der Waals surface area contributed by atoms with Crippen molar-refractivity contribution in [1.29, 1.82) is 0 Å². The molecular formula is C16H14ClN3O3S. The van der Waals surface area contributed by atoms with Gasteiger partial charge in [-0.05, 0) is 42.5 Å². The molecule has 1 aromatic heterocycles. The van der Waals surface area contributed by atoms with Crippen molar-refractivity contribution in [2.75, 3.05) is 0 Å². The summed E-state index contributed by atoms with van der Waals surface area (Å²) in [6.07, 6.45) is 0. The van der Waals surface area contributed by atoms with Gasteiger partial charge in [0.2, 0.25) is 10.0 Å². The van der Waals surface area contributed by atoms with Gasteiger partial charge in [0.15, 0.2) is 0 Å². The lowest BCUT2D eigenvalue weighted by Gasteiger charge is -2.08. The quantitative estimate of drug-likeness (QED) is 0.743. The highest BCUT2D eigenvalue weighted by atomic mass is 35.5. The largest absolute Gasteiger partial charge is 0.390 e. The van der Waals surface area contributed by atoms with E-state index < -0.39 is 10.0 Å². The smallest absolute Gasteiger partial charge is 0.238 e. The van der Waals surface area contributed by atoms with Gasteiger partial charge < -0.3 is 5.11 Å². The molecule has 0 aliphatic carbocycles. The number of aliphatic hydroxyl groups excluding tert-OH is 1. The molecule has 0 saturated carbocycles. The van der Waals surface area contributed by atoms with Gasteiger partial charge in [-0.2, -0.15) is 5.10 Å². The number of benzene rings is 2. The van der Waals surface area contributed by atoms with Crippen LogP contribution in [0.5, 0.6) is 0 Å². The Bertz CT molecular complexity index is 965. The second kappa shape index (κ2) is 6.37. The lowest BCUT2D eigenvalue weighted by atomic mass is 10.1. The maximum atomic E-state index is 11.4. The average Bonchev–Trinajstić information content (AvgIpc) is 2.99. The summed E-state index contributed by atoms with van der Waals surface area (Å²) in [7, 11) is -3.75. The van der Waals surface area contributed by atoms with E-state index in [1.54, 1.807) is 35.0 Å². The van der Waals surface area contributed by atoms with Crippen LogP contribution >= 0.6 is 11.6 Å². The van der Waals surface area contributed by atoms with Crippen molar-refractivity contribution >= 4 is 21.6 Å². The summed E-state index contributed by atoms with van der Waals surface area (Å²) in [6, 6.07) is 15.0. The van der Waals surface area contributed by atoms with Crippen molar-refractivity contribution in [3.05, 3.63) is 65.3 Å². The molecule has 2 aromatic carbocycles. The van der Waals surface area contributed by atoms with Gasteiger partial charge in [-0.3, -0.25) is 0 Å². The number of rotatable bonds is 4. The molecule has 0 fully saturated rings. The topological polar surface area (TPSA) is 98.2 Å². The summed E-state index contributed by atoms with van der Waals surface area (Å²) in [5.74, 6) is 0. The molecule has 0 amide bonds. The number of aliphatic hydroxyl groups is 1. The van der Waals surface area contributed by atoms with Gasteiger partial charge in [0.05, 0.1) is 28.6 Å². The van der Waals surface area contributed by atoms with E-state index >= 15 is 0 Å².